The van der Waals surface area contributed by atoms with Crippen molar-refractivity contribution in [3.8, 4) is 28.6 Å². The van der Waals surface area contributed by atoms with Crippen molar-refractivity contribution in [2.24, 2.45) is 16.2 Å². The molecule has 3 aromatic carbocycles. The molecule has 2 fully saturated rings. The zero-order valence-corrected chi connectivity index (χ0v) is 42.5. The molecule has 3 heterocycles. The van der Waals surface area contributed by atoms with Crippen LogP contribution in [-0.4, -0.2) is 105 Å². The molecule has 1 unspecified atom stereocenters. The lowest BCUT2D eigenvalue weighted by atomic mass is 9.49. The topological polar surface area (TPSA) is 213 Å². The second-order valence-electron chi connectivity index (χ2n) is 20.7. The van der Waals surface area contributed by atoms with Gasteiger partial charge >= 0.3 is 0 Å². The molecule has 1 aliphatic carbocycles. The highest BCUT2D eigenvalue weighted by Gasteiger charge is 2.64. The Labute approximate surface area is 420 Å². The number of aromatic nitrogens is 3. The molecule has 4 atom stereocenters. The number of carbonyl (C=O) groups excluding carboxylic acids is 4. The van der Waals surface area contributed by atoms with Crippen molar-refractivity contribution < 1.29 is 33.8 Å². The number of β-amino-alcohol motifs (C(OH)–C–C–N with tert-alkyl or cyclic N) is 1. The van der Waals surface area contributed by atoms with Gasteiger partial charge in [0.1, 0.15) is 48.3 Å². The molecule has 17 heteroatoms. The molecule has 0 spiro atoms. The van der Waals surface area contributed by atoms with E-state index in [0.29, 0.717) is 34.3 Å². The fraction of sp³-hybridized carbons (Fsp3) is 0.426. The number of nitriles is 1. The number of carbonyl (C=O) groups is 4. The van der Waals surface area contributed by atoms with Crippen molar-refractivity contribution in [3.05, 3.63) is 125 Å². The van der Waals surface area contributed by atoms with Gasteiger partial charge in [-0.1, -0.05) is 84.3 Å². The van der Waals surface area contributed by atoms with E-state index in [0.717, 1.165) is 28.2 Å². The van der Waals surface area contributed by atoms with Crippen LogP contribution in [0.25, 0.3) is 16.8 Å². The minimum Gasteiger partial charge on any atom is -0.489 e. The quantitative estimate of drug-likeness (QED) is 0.0589. The van der Waals surface area contributed by atoms with E-state index in [9.17, 15) is 29.5 Å². The lowest BCUT2D eigenvalue weighted by molar-refractivity contribution is -0.164. The first-order chi connectivity index (χ1) is 33.6. The van der Waals surface area contributed by atoms with E-state index in [2.05, 4.69) is 65.0 Å². The van der Waals surface area contributed by atoms with Gasteiger partial charge in [-0.25, -0.2) is 9.97 Å². The molecule has 0 bridgehead atoms. The van der Waals surface area contributed by atoms with Crippen molar-refractivity contribution in [2.45, 2.75) is 105 Å². The Morgan fingerprint density at radius 1 is 0.944 bits per heavy atom. The van der Waals surface area contributed by atoms with Gasteiger partial charge in [0.25, 0.3) is 5.91 Å². The molecule has 0 radical (unpaired) electrons. The van der Waals surface area contributed by atoms with Crippen molar-refractivity contribution in [3.63, 3.8) is 0 Å². The molecule has 374 valence electrons. The van der Waals surface area contributed by atoms with Crippen molar-refractivity contribution in [1.29, 1.82) is 5.26 Å². The summed E-state index contributed by atoms with van der Waals surface area (Å²) in [6.07, 6.45) is 4.30. The number of halogens is 1. The molecular formula is C54H64ClN9O7. The van der Waals surface area contributed by atoms with E-state index in [4.69, 9.17) is 21.1 Å². The zero-order valence-electron chi connectivity index (χ0n) is 41.7. The first kappa shape index (κ1) is 52.0. The molecule has 1 aliphatic heterocycles. The van der Waals surface area contributed by atoms with Crippen LogP contribution < -0.4 is 26.0 Å². The maximum Gasteiger partial charge on any atom is 0.251 e. The summed E-state index contributed by atoms with van der Waals surface area (Å²) in [5.74, 6) is 0.500. The summed E-state index contributed by atoms with van der Waals surface area (Å²) in [7, 11) is 0. The summed E-state index contributed by atoms with van der Waals surface area (Å²) in [6, 6.07) is 23.5. The molecule has 2 aromatic heterocycles. The van der Waals surface area contributed by atoms with Gasteiger partial charge in [-0.3, -0.25) is 19.2 Å². The Kier molecular flexibility index (Phi) is 15.6. The van der Waals surface area contributed by atoms with Crippen LogP contribution >= 0.6 is 11.6 Å². The number of nitrogens with zero attached hydrogens (tertiary/aromatic N) is 5. The Hall–Kier alpha value is -6.80. The van der Waals surface area contributed by atoms with Gasteiger partial charge in [0.05, 0.1) is 29.3 Å². The predicted molar refractivity (Wildman–Crippen MR) is 271 cm³/mol. The van der Waals surface area contributed by atoms with Crippen molar-refractivity contribution in [1.82, 2.24) is 35.4 Å². The van der Waals surface area contributed by atoms with Gasteiger partial charge < -0.3 is 45.3 Å². The van der Waals surface area contributed by atoms with Gasteiger partial charge in [0, 0.05) is 77.9 Å². The van der Waals surface area contributed by atoms with Crippen LogP contribution in [0.3, 0.4) is 0 Å². The summed E-state index contributed by atoms with van der Waals surface area (Å²) in [5.41, 5.74) is 2.94. The molecule has 71 heavy (non-hydrogen) atoms. The number of nitrogens with one attached hydrogen (secondary N) is 4. The minimum absolute atomic E-state index is 0.0356. The Bertz CT molecular complexity index is 2750. The van der Waals surface area contributed by atoms with E-state index in [1.54, 1.807) is 42.7 Å². The second kappa shape index (κ2) is 21.3. The number of aliphatic hydroxyl groups is 1. The smallest absolute Gasteiger partial charge is 0.251 e. The number of pyridine rings is 1. The number of hydrogen-bond acceptors (Lipinski definition) is 11. The summed E-state index contributed by atoms with van der Waals surface area (Å²) in [5, 5.41) is 32.5. The van der Waals surface area contributed by atoms with Crippen LogP contribution in [0.4, 0.5) is 5.82 Å². The first-order valence-electron chi connectivity index (χ1n) is 23.8. The largest absolute Gasteiger partial charge is 0.489 e. The number of imidazole rings is 1. The van der Waals surface area contributed by atoms with Crippen molar-refractivity contribution >= 4 is 41.0 Å². The number of likely N-dealkylation sites (tertiary alicyclic amines) is 1. The molecule has 5 aromatic rings. The normalized spacial score (nSPS) is 19.9. The lowest BCUT2D eigenvalue weighted by Gasteiger charge is -2.63. The van der Waals surface area contributed by atoms with Crippen LogP contribution in [0.5, 0.6) is 5.75 Å². The second-order valence-corrected chi connectivity index (χ2v) is 21.1. The molecule has 1 saturated carbocycles. The van der Waals surface area contributed by atoms with E-state index < -0.39 is 46.2 Å². The molecule has 5 N–H and O–H groups in total. The number of anilines is 1. The summed E-state index contributed by atoms with van der Waals surface area (Å²) < 4.78 is 14.0. The van der Waals surface area contributed by atoms with Crippen LogP contribution in [0.2, 0.25) is 5.02 Å². The number of ether oxygens (including phenoxy) is 2. The maximum atomic E-state index is 14.1. The zero-order chi connectivity index (χ0) is 51.4. The first-order valence-corrected chi connectivity index (χ1v) is 24.2. The van der Waals surface area contributed by atoms with E-state index >= 15 is 0 Å². The van der Waals surface area contributed by atoms with E-state index in [1.165, 1.54) is 4.90 Å². The summed E-state index contributed by atoms with van der Waals surface area (Å²) in [4.78, 5) is 64.6. The van der Waals surface area contributed by atoms with Crippen LogP contribution in [0.15, 0.2) is 97.5 Å². The lowest BCUT2D eigenvalue weighted by Crippen LogP contribution is -2.74. The van der Waals surface area contributed by atoms with Gasteiger partial charge in [0.15, 0.2) is 0 Å². The number of benzene rings is 3. The molecule has 4 amide bonds. The van der Waals surface area contributed by atoms with E-state index in [-0.39, 0.29) is 56.2 Å². The molecule has 2 aliphatic rings. The number of amides is 4. The van der Waals surface area contributed by atoms with Gasteiger partial charge in [0.2, 0.25) is 17.7 Å². The maximum absolute atomic E-state index is 14.1. The Morgan fingerprint density at radius 2 is 1.63 bits per heavy atom. The average molecular weight is 987 g/mol. The number of aliphatic hydroxyl groups excluding tert-OH is 1. The average Bonchev–Trinajstić information content (AvgIpc) is 3.96. The van der Waals surface area contributed by atoms with Crippen molar-refractivity contribution in [2.75, 3.05) is 31.6 Å². The van der Waals surface area contributed by atoms with Gasteiger partial charge in [-0.2, -0.15) is 5.26 Å². The number of hydrogen-bond donors (Lipinski definition) is 5. The highest BCUT2D eigenvalue weighted by Crippen LogP contribution is 2.55. The SMILES string of the molecule is Cc1nccn1-c1ccc([C@H](C)NC(=O)[C@@H]2C[C@@H](O)CN2C(=O)C(NC(=O)COCCNc2ccc(-c3ccc(C(=O)N[C@H]4C(C)(C)[C@H](Oc5ccc(C#N)c(Cl)c5)C4(C)C)cc3)cn2)C(C)(C)C)cc1. The third-order valence-corrected chi connectivity index (χ3v) is 13.9. The summed E-state index contributed by atoms with van der Waals surface area (Å²) in [6.45, 7) is 17.7. The molecular weight excluding hydrogens is 922 g/mol. The Balaban J connectivity index is 0.847. The fourth-order valence-corrected chi connectivity index (χ4v) is 10.2. The highest BCUT2D eigenvalue weighted by atomic mass is 35.5. The highest BCUT2D eigenvalue weighted by molar-refractivity contribution is 6.31. The van der Waals surface area contributed by atoms with Gasteiger partial charge in [-0.15, -0.1) is 0 Å². The predicted octanol–water partition coefficient (Wildman–Crippen LogP) is 7.18. The Morgan fingerprint density at radius 3 is 2.24 bits per heavy atom. The minimum atomic E-state index is -0.991. The van der Waals surface area contributed by atoms with Gasteiger partial charge in [-0.05, 0) is 78.9 Å². The standard InChI is InChI=1S/C54H64ClN9O7/c1-32(34-14-18-39(19-15-34)63-24-22-57-33(63)2)60-48(68)43-26-40(65)30-64(43)49(69)46(52(3,4)5)61-45(66)31-70-25-23-58-44-21-17-38(29-59-44)35-10-12-36(13-11-35)47(67)62-50-53(6,7)51(54(50,8)9)71-41-20-16-37(28-56)42(55)27-41/h10-22,24,27,29,32,40,43,46,50-51,65H,23,25-26,30-31H2,1-9H3,(H,58,59)(H,60,68)(H,61,66)(H,62,67)/t32-,40+,43-,46?,50-,51-/m0/s1. The molecule has 16 nitrogen and oxygen atoms in total. The fourth-order valence-electron chi connectivity index (χ4n) is 10.0. The van der Waals surface area contributed by atoms with Crippen LogP contribution in [-0.2, 0) is 19.1 Å². The third-order valence-electron chi connectivity index (χ3n) is 13.6. The molecule has 7 rings (SSSR count). The van der Waals surface area contributed by atoms with Crippen LogP contribution in [0.1, 0.15) is 95.2 Å². The van der Waals surface area contributed by atoms with Crippen LogP contribution in [0, 0.1) is 34.5 Å². The van der Waals surface area contributed by atoms with E-state index in [1.807, 2.05) is 93.9 Å². The number of aryl methyl sites for hydroxylation is 1. The molecule has 1 saturated heterocycles. The monoisotopic (exact) mass is 985 g/mol. The third kappa shape index (κ3) is 11.7. The number of rotatable bonds is 17. The summed E-state index contributed by atoms with van der Waals surface area (Å²) >= 11 is 6.25.